The first-order valence-electron chi connectivity index (χ1n) is 27.4. The molecule has 1 amide bonds. The van der Waals surface area contributed by atoms with E-state index >= 15 is 0 Å². The lowest BCUT2D eigenvalue weighted by Gasteiger charge is -2.24. The Labute approximate surface area is 391 Å². The molecule has 0 saturated carbocycles. The zero-order chi connectivity index (χ0) is 45.9. The number of rotatable bonds is 49. The van der Waals surface area contributed by atoms with E-state index in [0.29, 0.717) is 19.3 Å². The van der Waals surface area contributed by atoms with Crippen LogP contribution in [0.3, 0.4) is 0 Å². The van der Waals surface area contributed by atoms with Crippen molar-refractivity contribution in [3.05, 3.63) is 48.6 Å². The lowest BCUT2D eigenvalue weighted by atomic mass is 10.0. The Kier molecular flexibility index (Phi) is 49.1. The lowest BCUT2D eigenvalue weighted by Crippen LogP contribution is -2.46. The molecule has 3 atom stereocenters. The van der Waals surface area contributed by atoms with Crippen molar-refractivity contribution in [2.45, 2.75) is 296 Å². The van der Waals surface area contributed by atoms with Crippen LogP contribution in [0.15, 0.2) is 48.6 Å². The van der Waals surface area contributed by atoms with Gasteiger partial charge in [-0.3, -0.25) is 9.59 Å². The summed E-state index contributed by atoms with van der Waals surface area (Å²) in [6.07, 6.45) is 61.8. The van der Waals surface area contributed by atoms with E-state index in [1.807, 2.05) is 6.08 Å². The van der Waals surface area contributed by atoms with Gasteiger partial charge in [-0.2, -0.15) is 0 Å². The average molecular weight is 884 g/mol. The molecule has 0 aromatic rings. The van der Waals surface area contributed by atoms with Crippen LogP contribution in [0.2, 0.25) is 0 Å². The number of carbonyl (C=O) groups is 2. The van der Waals surface area contributed by atoms with Gasteiger partial charge in [0, 0.05) is 6.42 Å². The molecule has 63 heavy (non-hydrogen) atoms. The number of esters is 1. The molecule has 3 N–H and O–H groups in total. The molecule has 0 saturated heterocycles. The van der Waals surface area contributed by atoms with Crippen molar-refractivity contribution in [1.29, 1.82) is 0 Å². The summed E-state index contributed by atoms with van der Waals surface area (Å²) in [6, 6.07) is -0.712. The maximum Gasteiger partial charge on any atom is 0.306 e. The summed E-state index contributed by atoms with van der Waals surface area (Å²) in [5, 5.41) is 23.8. The minimum atomic E-state index is -0.797. The van der Waals surface area contributed by atoms with E-state index in [9.17, 15) is 19.8 Å². The van der Waals surface area contributed by atoms with E-state index in [-0.39, 0.29) is 24.9 Å². The summed E-state index contributed by atoms with van der Waals surface area (Å²) in [5.41, 5.74) is 0. The van der Waals surface area contributed by atoms with Crippen LogP contribution in [-0.4, -0.2) is 46.9 Å². The molecule has 0 heterocycles. The minimum absolute atomic E-state index is 0.0548. The van der Waals surface area contributed by atoms with Gasteiger partial charge in [-0.25, -0.2) is 0 Å². The molecule has 0 aliphatic carbocycles. The van der Waals surface area contributed by atoms with E-state index in [1.165, 1.54) is 161 Å². The fourth-order valence-electron chi connectivity index (χ4n) is 8.31. The zero-order valence-electron chi connectivity index (χ0n) is 42.0. The summed E-state index contributed by atoms with van der Waals surface area (Å²) in [6.45, 7) is 6.35. The van der Waals surface area contributed by atoms with Crippen molar-refractivity contribution in [2.75, 3.05) is 6.61 Å². The SMILES string of the molecule is CC/C=C/C=C/C=C\CCCCCC(CC(=O)NC(CO)C(O)CCCCCCCCCCCCCCCC)OC(=O)CCCCCCCCCCC/C=C/CCCCCCCC. The average Bonchev–Trinajstić information content (AvgIpc) is 3.28. The van der Waals surface area contributed by atoms with Crippen LogP contribution in [0.25, 0.3) is 0 Å². The number of unbranched alkanes of at least 4 members (excludes halogenated alkanes) is 31. The number of aliphatic hydroxyl groups excluding tert-OH is 2. The van der Waals surface area contributed by atoms with E-state index in [1.54, 1.807) is 0 Å². The summed E-state index contributed by atoms with van der Waals surface area (Å²) in [7, 11) is 0. The van der Waals surface area contributed by atoms with Crippen LogP contribution in [0, 0.1) is 0 Å². The van der Waals surface area contributed by atoms with Crippen molar-refractivity contribution in [2.24, 2.45) is 0 Å². The third-order valence-corrected chi connectivity index (χ3v) is 12.5. The molecule has 0 rings (SSSR count). The quantitative estimate of drug-likeness (QED) is 0.0245. The number of allylic oxidation sites excluding steroid dienone is 8. The first-order valence-corrected chi connectivity index (χ1v) is 27.4. The predicted molar refractivity (Wildman–Crippen MR) is 273 cm³/mol. The number of carbonyl (C=O) groups excluding carboxylic acids is 2. The number of nitrogens with one attached hydrogen (secondary N) is 1. The van der Waals surface area contributed by atoms with E-state index in [0.717, 1.165) is 70.6 Å². The zero-order valence-corrected chi connectivity index (χ0v) is 42.0. The van der Waals surface area contributed by atoms with Gasteiger partial charge in [0.25, 0.3) is 0 Å². The Morgan fingerprint density at radius 1 is 0.476 bits per heavy atom. The maximum atomic E-state index is 13.2. The summed E-state index contributed by atoms with van der Waals surface area (Å²) < 4.78 is 5.92. The Morgan fingerprint density at radius 3 is 1.35 bits per heavy atom. The van der Waals surface area contributed by atoms with Gasteiger partial charge in [0.2, 0.25) is 5.91 Å². The van der Waals surface area contributed by atoms with Crippen LogP contribution in [0.4, 0.5) is 0 Å². The molecule has 3 unspecified atom stereocenters. The fourth-order valence-corrected chi connectivity index (χ4v) is 8.31. The molecule has 0 spiro atoms. The standard InChI is InChI=1S/C57H105NO5/c1-4-7-10-13-16-19-22-24-26-27-28-29-30-32-35-38-41-44-47-50-57(62)63-53(48-45-42-39-36-33-21-18-15-12-9-6-3)51-56(61)58-54(52-59)55(60)49-46-43-40-37-34-31-25-23-20-17-14-11-8-5-2/h9,12,15,18,21,24,26,33,53-55,59-60H,4-8,10-11,13-14,16-17,19-20,22-23,25,27-32,34-52H2,1-3H3,(H,58,61)/b12-9+,18-15+,26-24+,33-21-. The first-order chi connectivity index (χ1) is 31.0. The van der Waals surface area contributed by atoms with E-state index in [2.05, 4.69) is 68.6 Å². The highest BCUT2D eigenvalue weighted by molar-refractivity contribution is 5.77. The molecule has 368 valence electrons. The lowest BCUT2D eigenvalue weighted by molar-refractivity contribution is -0.151. The van der Waals surface area contributed by atoms with Crippen LogP contribution in [-0.2, 0) is 14.3 Å². The Bertz CT molecular complexity index is 1080. The van der Waals surface area contributed by atoms with Gasteiger partial charge < -0.3 is 20.3 Å². The second kappa shape index (κ2) is 50.8. The molecule has 6 heteroatoms. The molecule has 0 aliphatic rings. The van der Waals surface area contributed by atoms with Crippen molar-refractivity contribution in [3.63, 3.8) is 0 Å². The van der Waals surface area contributed by atoms with Crippen LogP contribution in [0.5, 0.6) is 0 Å². The molecule has 0 aromatic heterocycles. The number of aliphatic hydroxyl groups is 2. The van der Waals surface area contributed by atoms with Gasteiger partial charge in [-0.15, -0.1) is 0 Å². The highest BCUT2D eigenvalue weighted by Crippen LogP contribution is 2.18. The highest BCUT2D eigenvalue weighted by Gasteiger charge is 2.24. The number of hydrogen-bond acceptors (Lipinski definition) is 5. The van der Waals surface area contributed by atoms with Gasteiger partial charge in [0.05, 0.1) is 25.2 Å². The third kappa shape index (κ3) is 46.2. The van der Waals surface area contributed by atoms with Gasteiger partial charge in [0.15, 0.2) is 0 Å². The number of ether oxygens (including phenoxy) is 1. The number of hydrogen-bond donors (Lipinski definition) is 3. The molecule has 0 bridgehead atoms. The second-order valence-electron chi connectivity index (χ2n) is 18.7. The molecular weight excluding hydrogens is 779 g/mol. The smallest absolute Gasteiger partial charge is 0.306 e. The topological polar surface area (TPSA) is 95.9 Å². The second-order valence-corrected chi connectivity index (χ2v) is 18.7. The van der Waals surface area contributed by atoms with Crippen LogP contribution in [0.1, 0.15) is 278 Å². The summed E-state index contributed by atoms with van der Waals surface area (Å²) in [5.74, 6) is -0.504. The molecule has 6 nitrogen and oxygen atoms in total. The van der Waals surface area contributed by atoms with E-state index < -0.39 is 18.2 Å². The Hall–Kier alpha value is -2.18. The maximum absolute atomic E-state index is 13.2. The van der Waals surface area contributed by atoms with Crippen LogP contribution >= 0.6 is 0 Å². The molecule has 0 radical (unpaired) electrons. The normalized spacial score (nSPS) is 13.5. The van der Waals surface area contributed by atoms with Crippen molar-refractivity contribution in [3.8, 4) is 0 Å². The first kappa shape index (κ1) is 60.8. The van der Waals surface area contributed by atoms with Gasteiger partial charge in [-0.05, 0) is 70.6 Å². The fraction of sp³-hybridized carbons (Fsp3) is 0.825. The Morgan fingerprint density at radius 2 is 0.873 bits per heavy atom. The largest absolute Gasteiger partial charge is 0.462 e. The number of amides is 1. The van der Waals surface area contributed by atoms with Crippen molar-refractivity contribution < 1.29 is 24.5 Å². The Balaban J connectivity index is 4.48. The highest BCUT2D eigenvalue weighted by atomic mass is 16.5. The van der Waals surface area contributed by atoms with E-state index in [4.69, 9.17) is 4.74 Å². The summed E-state index contributed by atoms with van der Waals surface area (Å²) >= 11 is 0. The van der Waals surface area contributed by atoms with Gasteiger partial charge >= 0.3 is 5.97 Å². The van der Waals surface area contributed by atoms with Crippen LogP contribution < -0.4 is 5.32 Å². The van der Waals surface area contributed by atoms with Gasteiger partial charge in [0.1, 0.15) is 6.10 Å². The van der Waals surface area contributed by atoms with Crippen molar-refractivity contribution in [1.82, 2.24) is 5.32 Å². The predicted octanol–water partition coefficient (Wildman–Crippen LogP) is 16.6. The van der Waals surface area contributed by atoms with Crippen molar-refractivity contribution >= 4 is 11.9 Å². The molecule has 0 aliphatic heterocycles. The minimum Gasteiger partial charge on any atom is -0.462 e. The molecular formula is C57H105NO5. The summed E-state index contributed by atoms with van der Waals surface area (Å²) in [4.78, 5) is 26.2. The molecule has 0 fully saturated rings. The van der Waals surface area contributed by atoms with Gasteiger partial charge in [-0.1, -0.05) is 243 Å². The third-order valence-electron chi connectivity index (χ3n) is 12.5. The molecule has 0 aromatic carbocycles. The monoisotopic (exact) mass is 884 g/mol.